The Morgan fingerprint density at radius 1 is 0.862 bits per heavy atom. The Morgan fingerprint density at radius 3 is 1.93 bits per heavy atom. The molecule has 0 aliphatic carbocycles. The average Bonchev–Trinajstić information content (AvgIpc) is 2.68. The topological polar surface area (TPSA) is 74.8 Å². The molecule has 3 rings (SSSR count). The van der Waals surface area contributed by atoms with Crippen LogP contribution in [0.3, 0.4) is 0 Å². The van der Waals surface area contributed by atoms with Crippen molar-refractivity contribution in [2.24, 2.45) is 0 Å². The number of piperazine rings is 1. The molecule has 2 aromatic rings. The first-order valence-electron chi connectivity index (χ1n) is 8.94. The van der Waals surface area contributed by atoms with E-state index in [4.69, 9.17) is 0 Å². The Morgan fingerprint density at radius 2 is 1.41 bits per heavy atom. The second kappa shape index (κ2) is 8.28. The summed E-state index contributed by atoms with van der Waals surface area (Å²) >= 11 is 0. The largest absolute Gasteiger partial charge is 0.335 e. The Bertz CT molecular complexity index is 1050. The molecule has 1 heterocycles. The second-order valence-electron chi connectivity index (χ2n) is 6.98. The zero-order valence-corrected chi connectivity index (χ0v) is 16.6. The number of carbonyl (C=O) groups is 2. The van der Waals surface area contributed by atoms with Gasteiger partial charge in [0.25, 0.3) is 11.8 Å². The highest BCUT2D eigenvalue weighted by molar-refractivity contribution is 7.89. The van der Waals surface area contributed by atoms with Gasteiger partial charge >= 0.3 is 0 Å². The minimum absolute atomic E-state index is 0.0529. The third-order valence-corrected chi connectivity index (χ3v) is 5.48. The van der Waals surface area contributed by atoms with Crippen LogP contribution in [-0.4, -0.2) is 62.5 Å². The predicted molar refractivity (Wildman–Crippen MR) is 103 cm³/mol. The number of nitrogens with zero attached hydrogens (tertiary/aromatic N) is 2. The number of halogens is 2. The van der Waals surface area contributed by atoms with Crippen molar-refractivity contribution in [3.8, 4) is 0 Å². The predicted octanol–water partition coefficient (Wildman–Crippen LogP) is 2.11. The summed E-state index contributed by atoms with van der Waals surface area (Å²) in [5.41, 5.74) is 0.967. The molecule has 1 aliphatic heterocycles. The van der Waals surface area contributed by atoms with Crippen molar-refractivity contribution in [1.82, 2.24) is 9.80 Å². The van der Waals surface area contributed by atoms with E-state index in [2.05, 4.69) is 0 Å². The number of benzene rings is 2. The maximum atomic E-state index is 13.4. The lowest BCUT2D eigenvalue weighted by Gasteiger charge is -2.35. The molecule has 1 saturated heterocycles. The highest BCUT2D eigenvalue weighted by Crippen LogP contribution is 2.16. The molecule has 29 heavy (non-hydrogen) atoms. The van der Waals surface area contributed by atoms with Crippen molar-refractivity contribution in [3.63, 3.8) is 0 Å². The van der Waals surface area contributed by atoms with Gasteiger partial charge in [0.05, 0.1) is 5.75 Å². The maximum absolute atomic E-state index is 13.4. The average molecular weight is 422 g/mol. The van der Waals surface area contributed by atoms with Crippen molar-refractivity contribution in [2.75, 3.05) is 32.4 Å². The molecular formula is C20H20F2N2O4S. The second-order valence-corrected chi connectivity index (χ2v) is 9.12. The maximum Gasteiger partial charge on any atom is 0.254 e. The van der Waals surface area contributed by atoms with E-state index >= 15 is 0 Å². The van der Waals surface area contributed by atoms with E-state index in [1.165, 1.54) is 11.0 Å². The van der Waals surface area contributed by atoms with E-state index in [0.717, 1.165) is 18.4 Å². The summed E-state index contributed by atoms with van der Waals surface area (Å²) in [5.74, 6) is -2.93. The molecule has 2 aromatic carbocycles. The van der Waals surface area contributed by atoms with Gasteiger partial charge < -0.3 is 9.80 Å². The van der Waals surface area contributed by atoms with Crippen LogP contribution >= 0.6 is 0 Å². The van der Waals surface area contributed by atoms with Crippen LogP contribution in [0.2, 0.25) is 0 Å². The molecule has 2 amide bonds. The smallest absolute Gasteiger partial charge is 0.254 e. The van der Waals surface area contributed by atoms with Crippen LogP contribution < -0.4 is 0 Å². The monoisotopic (exact) mass is 422 g/mol. The number of rotatable bonds is 4. The molecule has 0 atom stereocenters. The van der Waals surface area contributed by atoms with Gasteiger partial charge in [-0.25, -0.2) is 17.2 Å². The lowest BCUT2D eigenvalue weighted by Crippen LogP contribution is -2.50. The van der Waals surface area contributed by atoms with Gasteiger partial charge in [0.2, 0.25) is 0 Å². The molecule has 0 unspecified atom stereocenters. The molecule has 0 bridgehead atoms. The van der Waals surface area contributed by atoms with Crippen LogP contribution in [-0.2, 0) is 15.6 Å². The van der Waals surface area contributed by atoms with E-state index in [-0.39, 0.29) is 43.4 Å². The molecule has 6 nitrogen and oxygen atoms in total. The fourth-order valence-corrected chi connectivity index (χ4v) is 3.99. The van der Waals surface area contributed by atoms with E-state index in [1.807, 2.05) is 0 Å². The normalized spacial score (nSPS) is 14.7. The third kappa shape index (κ3) is 5.17. The minimum atomic E-state index is -3.21. The summed E-state index contributed by atoms with van der Waals surface area (Å²) in [5, 5.41) is 0. The van der Waals surface area contributed by atoms with Crippen molar-refractivity contribution >= 4 is 21.7 Å². The van der Waals surface area contributed by atoms with E-state index in [0.29, 0.717) is 11.1 Å². The van der Waals surface area contributed by atoms with Gasteiger partial charge in [-0.05, 0) is 35.9 Å². The van der Waals surface area contributed by atoms with Crippen molar-refractivity contribution in [2.45, 2.75) is 5.75 Å². The van der Waals surface area contributed by atoms with Gasteiger partial charge in [-0.15, -0.1) is 0 Å². The first-order chi connectivity index (χ1) is 13.6. The van der Waals surface area contributed by atoms with E-state index < -0.39 is 27.4 Å². The van der Waals surface area contributed by atoms with Gasteiger partial charge in [0, 0.05) is 43.6 Å². The molecule has 1 fully saturated rings. The molecule has 0 saturated carbocycles. The van der Waals surface area contributed by atoms with Gasteiger partial charge in [-0.1, -0.05) is 12.1 Å². The number of carbonyl (C=O) groups excluding carboxylic acids is 2. The summed E-state index contributed by atoms with van der Waals surface area (Å²) in [4.78, 5) is 28.3. The van der Waals surface area contributed by atoms with Crippen LogP contribution in [0, 0.1) is 11.6 Å². The molecule has 1 aliphatic rings. The fraction of sp³-hybridized carbons (Fsp3) is 0.300. The van der Waals surface area contributed by atoms with Gasteiger partial charge in [0.15, 0.2) is 21.5 Å². The molecule has 0 N–H and O–H groups in total. The summed E-state index contributed by atoms with van der Waals surface area (Å²) in [7, 11) is -3.21. The summed E-state index contributed by atoms with van der Waals surface area (Å²) < 4.78 is 49.3. The standard InChI is InChI=1S/C20H20F2N2O4S/c1-29(27,28)13-14-3-2-4-15(11-14)19(25)23-7-9-24(10-8-23)20(26)16-5-6-17(21)18(22)12-16/h2-6,11-12H,7-10,13H2,1H3. The third-order valence-electron chi connectivity index (χ3n) is 4.62. The first-order valence-corrected chi connectivity index (χ1v) is 11.0. The minimum Gasteiger partial charge on any atom is -0.335 e. The number of amides is 2. The molecule has 9 heteroatoms. The highest BCUT2D eigenvalue weighted by atomic mass is 32.2. The summed E-state index contributed by atoms with van der Waals surface area (Å²) in [6.07, 6.45) is 1.13. The zero-order valence-electron chi connectivity index (χ0n) is 15.8. The number of sulfone groups is 1. The van der Waals surface area contributed by atoms with Crippen molar-refractivity contribution < 1.29 is 26.8 Å². The number of hydrogen-bond acceptors (Lipinski definition) is 4. The SMILES string of the molecule is CS(=O)(=O)Cc1cccc(C(=O)N2CCN(C(=O)c3ccc(F)c(F)c3)CC2)c1. The Hall–Kier alpha value is -2.81. The van der Waals surface area contributed by atoms with Gasteiger partial charge in [-0.2, -0.15) is 0 Å². The van der Waals surface area contributed by atoms with Crippen LogP contribution in [0.5, 0.6) is 0 Å². The van der Waals surface area contributed by atoms with Crippen molar-refractivity contribution in [3.05, 3.63) is 70.8 Å². The van der Waals surface area contributed by atoms with Crippen LogP contribution in [0.25, 0.3) is 0 Å². The fourth-order valence-electron chi connectivity index (χ4n) is 3.20. The highest BCUT2D eigenvalue weighted by Gasteiger charge is 2.26. The van der Waals surface area contributed by atoms with Crippen LogP contribution in [0.1, 0.15) is 26.3 Å². The molecule has 0 spiro atoms. The Kier molecular flexibility index (Phi) is 5.97. The lowest BCUT2D eigenvalue weighted by atomic mass is 10.1. The van der Waals surface area contributed by atoms with Crippen LogP contribution in [0.4, 0.5) is 8.78 Å². The van der Waals surface area contributed by atoms with Gasteiger partial charge in [-0.3, -0.25) is 9.59 Å². The quantitative estimate of drug-likeness (QED) is 0.757. The Balaban J connectivity index is 1.64. The van der Waals surface area contributed by atoms with E-state index in [1.54, 1.807) is 29.2 Å². The first kappa shape index (κ1) is 20.9. The summed E-state index contributed by atoms with van der Waals surface area (Å²) in [6.45, 7) is 1.08. The Labute approximate surface area is 167 Å². The number of hydrogen-bond donors (Lipinski definition) is 0. The van der Waals surface area contributed by atoms with Crippen LogP contribution in [0.15, 0.2) is 42.5 Å². The van der Waals surface area contributed by atoms with Gasteiger partial charge in [0.1, 0.15) is 0 Å². The zero-order chi connectivity index (χ0) is 21.2. The lowest BCUT2D eigenvalue weighted by molar-refractivity contribution is 0.0535. The molecular weight excluding hydrogens is 402 g/mol. The van der Waals surface area contributed by atoms with Crippen molar-refractivity contribution in [1.29, 1.82) is 0 Å². The van der Waals surface area contributed by atoms with E-state index in [9.17, 15) is 26.8 Å². The molecule has 0 aromatic heterocycles. The summed E-state index contributed by atoms with van der Waals surface area (Å²) in [6, 6.07) is 9.46. The molecule has 0 radical (unpaired) electrons. The molecule has 154 valence electrons.